The van der Waals surface area contributed by atoms with Crippen LogP contribution in [-0.2, 0) is 4.79 Å². The lowest BCUT2D eigenvalue weighted by Crippen LogP contribution is -2.50. The largest absolute Gasteiger partial charge is 0.550 e. The van der Waals surface area contributed by atoms with E-state index in [1.54, 1.807) is 0 Å². The fourth-order valence-corrected chi connectivity index (χ4v) is 5.60. The standard InChI is InChI=1S/C32H65NO2/c1-4-7-10-23-28-33(29-24-11-8-5-2,30-25-12-9-6-3)31-26-21-19-17-15-13-14-16-18-20-22-27-32(34)35/h4-31H2,1-3H3. The molecule has 0 radical (unpaired) electrons. The Morgan fingerprint density at radius 3 is 0.971 bits per heavy atom. The van der Waals surface area contributed by atoms with Gasteiger partial charge in [0.1, 0.15) is 0 Å². The second kappa shape index (κ2) is 26.5. The minimum Gasteiger partial charge on any atom is -0.550 e. The van der Waals surface area contributed by atoms with Crippen molar-refractivity contribution in [2.45, 2.75) is 175 Å². The summed E-state index contributed by atoms with van der Waals surface area (Å²) in [4.78, 5) is 10.4. The molecule has 0 spiro atoms. The lowest BCUT2D eigenvalue weighted by atomic mass is 10.0. The van der Waals surface area contributed by atoms with Gasteiger partial charge in [-0.1, -0.05) is 111 Å². The van der Waals surface area contributed by atoms with Crippen LogP contribution in [0.25, 0.3) is 0 Å². The van der Waals surface area contributed by atoms with Gasteiger partial charge in [0.25, 0.3) is 0 Å². The molecule has 0 atom stereocenters. The summed E-state index contributed by atoms with van der Waals surface area (Å²) >= 11 is 0. The zero-order valence-corrected chi connectivity index (χ0v) is 24.6. The summed E-state index contributed by atoms with van der Waals surface area (Å²) < 4.78 is 1.43. The number of rotatable bonds is 29. The highest BCUT2D eigenvalue weighted by Gasteiger charge is 2.25. The van der Waals surface area contributed by atoms with Crippen molar-refractivity contribution in [2.24, 2.45) is 0 Å². The van der Waals surface area contributed by atoms with Crippen molar-refractivity contribution in [3.05, 3.63) is 0 Å². The van der Waals surface area contributed by atoms with Crippen LogP contribution in [0.3, 0.4) is 0 Å². The van der Waals surface area contributed by atoms with Gasteiger partial charge in [-0.25, -0.2) is 0 Å². The molecule has 0 aliphatic rings. The van der Waals surface area contributed by atoms with Crippen molar-refractivity contribution in [3.63, 3.8) is 0 Å². The summed E-state index contributed by atoms with van der Waals surface area (Å²) in [5, 5.41) is 10.4. The number of aliphatic carboxylic acids is 1. The highest BCUT2D eigenvalue weighted by atomic mass is 16.4. The molecule has 0 aliphatic heterocycles. The Morgan fingerprint density at radius 2 is 0.686 bits per heavy atom. The van der Waals surface area contributed by atoms with E-state index in [0.29, 0.717) is 0 Å². The molecule has 0 rings (SSSR count). The van der Waals surface area contributed by atoms with Crippen LogP contribution in [0.2, 0.25) is 0 Å². The second-order valence-corrected chi connectivity index (χ2v) is 11.4. The number of nitrogens with zero attached hydrogens (tertiary/aromatic N) is 1. The predicted octanol–water partition coefficient (Wildman–Crippen LogP) is 8.98. The molecule has 0 saturated carbocycles. The monoisotopic (exact) mass is 496 g/mol. The third-order valence-electron chi connectivity index (χ3n) is 7.97. The van der Waals surface area contributed by atoms with Gasteiger partial charge >= 0.3 is 0 Å². The molecule has 0 heterocycles. The third-order valence-corrected chi connectivity index (χ3v) is 7.97. The number of quaternary nitrogens is 1. The summed E-state index contributed by atoms with van der Waals surface area (Å²) in [5.41, 5.74) is 0. The van der Waals surface area contributed by atoms with Gasteiger partial charge in [-0.2, -0.15) is 0 Å². The normalized spacial score (nSPS) is 11.9. The van der Waals surface area contributed by atoms with Crippen LogP contribution >= 0.6 is 0 Å². The molecule has 0 saturated heterocycles. The average Bonchev–Trinajstić information content (AvgIpc) is 2.85. The molecule has 0 fully saturated rings. The number of carboxylic acids is 1. The van der Waals surface area contributed by atoms with Crippen LogP contribution in [0, 0.1) is 0 Å². The molecule has 210 valence electrons. The predicted molar refractivity (Wildman–Crippen MR) is 153 cm³/mol. The smallest absolute Gasteiger partial charge is 0.0786 e. The van der Waals surface area contributed by atoms with Crippen LogP contribution in [0.4, 0.5) is 0 Å². The van der Waals surface area contributed by atoms with E-state index in [4.69, 9.17) is 0 Å². The topological polar surface area (TPSA) is 40.1 Å². The summed E-state index contributed by atoms with van der Waals surface area (Å²) in [5.74, 6) is -0.898. The number of carbonyl (C=O) groups excluding carboxylic acids is 1. The maximum absolute atomic E-state index is 10.4. The summed E-state index contributed by atoms with van der Waals surface area (Å²) in [7, 11) is 0. The molecule has 0 aliphatic carbocycles. The first-order chi connectivity index (χ1) is 17.1. The number of hydrogen-bond donors (Lipinski definition) is 0. The van der Waals surface area contributed by atoms with E-state index in [1.165, 1.54) is 165 Å². The molecule has 35 heavy (non-hydrogen) atoms. The van der Waals surface area contributed by atoms with Gasteiger partial charge in [0.2, 0.25) is 0 Å². The Labute approximate surface area is 221 Å². The molecule has 0 aromatic heterocycles. The van der Waals surface area contributed by atoms with Crippen molar-refractivity contribution in [1.82, 2.24) is 0 Å². The Balaban J connectivity index is 4.26. The fourth-order valence-electron chi connectivity index (χ4n) is 5.60. The second-order valence-electron chi connectivity index (χ2n) is 11.4. The molecule has 0 bridgehead atoms. The summed E-state index contributed by atoms with van der Waals surface area (Å²) in [6.45, 7) is 12.7. The summed E-state index contributed by atoms with van der Waals surface area (Å²) in [6, 6.07) is 0. The first-order valence-electron chi connectivity index (χ1n) is 16.1. The van der Waals surface area contributed by atoms with Crippen molar-refractivity contribution in [2.75, 3.05) is 26.2 Å². The lowest BCUT2D eigenvalue weighted by Gasteiger charge is -2.39. The van der Waals surface area contributed by atoms with Crippen LogP contribution in [0.1, 0.15) is 175 Å². The van der Waals surface area contributed by atoms with Crippen molar-refractivity contribution >= 4 is 5.97 Å². The van der Waals surface area contributed by atoms with E-state index in [-0.39, 0.29) is 6.42 Å². The van der Waals surface area contributed by atoms with Crippen molar-refractivity contribution < 1.29 is 14.4 Å². The Morgan fingerprint density at radius 1 is 0.429 bits per heavy atom. The lowest BCUT2D eigenvalue weighted by molar-refractivity contribution is -0.929. The van der Waals surface area contributed by atoms with Crippen molar-refractivity contribution in [3.8, 4) is 0 Å². The Hall–Kier alpha value is -0.570. The molecule has 3 heteroatoms. The van der Waals surface area contributed by atoms with Gasteiger partial charge < -0.3 is 14.4 Å². The van der Waals surface area contributed by atoms with E-state index >= 15 is 0 Å². The van der Waals surface area contributed by atoms with E-state index in [1.807, 2.05) is 0 Å². The van der Waals surface area contributed by atoms with E-state index in [2.05, 4.69) is 20.8 Å². The fraction of sp³-hybridized carbons (Fsp3) is 0.969. The highest BCUT2D eigenvalue weighted by Crippen LogP contribution is 2.20. The number of carbonyl (C=O) groups is 1. The van der Waals surface area contributed by atoms with Gasteiger partial charge in [-0.15, -0.1) is 0 Å². The van der Waals surface area contributed by atoms with Crippen LogP contribution in [0.15, 0.2) is 0 Å². The Kier molecular flexibility index (Phi) is 26.1. The molecule has 3 nitrogen and oxygen atoms in total. The minimum atomic E-state index is -0.898. The van der Waals surface area contributed by atoms with Crippen LogP contribution in [-0.4, -0.2) is 36.6 Å². The number of hydrogen-bond acceptors (Lipinski definition) is 2. The van der Waals surface area contributed by atoms with Gasteiger partial charge in [0, 0.05) is 5.97 Å². The highest BCUT2D eigenvalue weighted by molar-refractivity contribution is 5.64. The van der Waals surface area contributed by atoms with E-state index < -0.39 is 5.97 Å². The van der Waals surface area contributed by atoms with Gasteiger partial charge in [-0.3, -0.25) is 0 Å². The number of carboxylic acid groups (broad SMARTS) is 1. The third kappa shape index (κ3) is 23.6. The maximum Gasteiger partial charge on any atom is 0.0786 e. The zero-order valence-electron chi connectivity index (χ0n) is 24.6. The SMILES string of the molecule is CCCCCC[N+](CCCCCC)(CCCCCC)CCCCCCCCCCCCCC(=O)[O-]. The molecule has 0 unspecified atom stereocenters. The molecule has 0 amide bonds. The molecular weight excluding hydrogens is 430 g/mol. The molecule has 0 aromatic carbocycles. The first kappa shape index (κ1) is 34.4. The van der Waals surface area contributed by atoms with Gasteiger partial charge in [0.15, 0.2) is 0 Å². The van der Waals surface area contributed by atoms with Crippen LogP contribution in [0.5, 0.6) is 0 Å². The van der Waals surface area contributed by atoms with E-state index in [9.17, 15) is 9.90 Å². The molecule has 0 N–H and O–H groups in total. The number of unbranched alkanes of at least 4 members (excludes halogenated alkanes) is 19. The molecule has 0 aromatic rings. The maximum atomic E-state index is 10.4. The van der Waals surface area contributed by atoms with E-state index in [0.717, 1.165) is 12.8 Å². The quantitative estimate of drug-likeness (QED) is 0.0767. The van der Waals surface area contributed by atoms with Gasteiger partial charge in [0.05, 0.1) is 26.2 Å². The molecular formula is C32H65NO2. The summed E-state index contributed by atoms with van der Waals surface area (Å²) in [6.07, 6.45) is 31.1. The first-order valence-corrected chi connectivity index (χ1v) is 16.1. The van der Waals surface area contributed by atoms with Crippen molar-refractivity contribution in [1.29, 1.82) is 0 Å². The average molecular weight is 496 g/mol. The minimum absolute atomic E-state index is 0.232. The van der Waals surface area contributed by atoms with Crippen LogP contribution < -0.4 is 5.11 Å². The zero-order chi connectivity index (χ0) is 25.9. The van der Waals surface area contributed by atoms with Gasteiger partial charge in [-0.05, 0) is 64.2 Å². The Bertz CT molecular complexity index is 406.